The molecular weight excluding hydrogens is 414 g/mol. The van der Waals surface area contributed by atoms with Crippen LogP contribution in [0.5, 0.6) is 5.75 Å². The summed E-state index contributed by atoms with van der Waals surface area (Å²) in [6, 6.07) is 15.8. The third kappa shape index (κ3) is 4.70. The average Bonchev–Trinajstić information content (AvgIpc) is 3.18. The van der Waals surface area contributed by atoms with E-state index in [1.807, 2.05) is 51.1 Å². The van der Waals surface area contributed by atoms with Crippen LogP contribution in [0.15, 0.2) is 48.7 Å². The molecule has 7 nitrogen and oxygen atoms in total. The summed E-state index contributed by atoms with van der Waals surface area (Å²) in [5.41, 5.74) is 5.54. The van der Waals surface area contributed by atoms with E-state index in [9.17, 15) is 10.1 Å². The van der Waals surface area contributed by atoms with Gasteiger partial charge in [-0.1, -0.05) is 29.3 Å². The second-order valence-corrected chi connectivity index (χ2v) is 8.17. The lowest BCUT2D eigenvalue weighted by Gasteiger charge is -2.13. The van der Waals surface area contributed by atoms with Gasteiger partial charge in [0, 0.05) is 5.39 Å². The van der Waals surface area contributed by atoms with Gasteiger partial charge in [-0.05, 0) is 63.1 Å². The first-order valence-electron chi connectivity index (χ1n) is 10.7. The molecule has 0 aliphatic rings. The minimum absolute atomic E-state index is 0.131. The third-order valence-corrected chi connectivity index (χ3v) is 5.42. The van der Waals surface area contributed by atoms with E-state index in [1.165, 1.54) is 16.4 Å². The van der Waals surface area contributed by atoms with E-state index in [2.05, 4.69) is 35.5 Å². The molecule has 0 aliphatic heterocycles. The third-order valence-electron chi connectivity index (χ3n) is 5.42. The highest BCUT2D eigenvalue weighted by Gasteiger charge is 2.17. The molecule has 0 atom stereocenters. The second kappa shape index (κ2) is 9.13. The number of anilines is 1. The highest BCUT2D eigenvalue weighted by molar-refractivity contribution is 5.92. The SMILES string of the molecule is Cc1ccc(OCCC(=O)Nc2c(C#N)cnn2-c2cc(C)c3cc(C)cc(C)c3n2)cc1. The summed E-state index contributed by atoms with van der Waals surface area (Å²) >= 11 is 0. The van der Waals surface area contributed by atoms with Gasteiger partial charge in [0.1, 0.15) is 17.4 Å². The lowest BCUT2D eigenvalue weighted by molar-refractivity contribution is -0.116. The Bertz CT molecular complexity index is 1380. The number of ether oxygens (including phenoxy) is 1. The number of pyridine rings is 1. The van der Waals surface area contributed by atoms with E-state index < -0.39 is 0 Å². The summed E-state index contributed by atoms with van der Waals surface area (Å²) in [6.07, 6.45) is 1.56. The Morgan fingerprint density at radius 1 is 1.06 bits per heavy atom. The number of nitrogens with one attached hydrogen (secondary N) is 1. The van der Waals surface area contributed by atoms with Gasteiger partial charge >= 0.3 is 0 Å². The first kappa shape index (κ1) is 22.0. The van der Waals surface area contributed by atoms with Crippen molar-refractivity contribution < 1.29 is 9.53 Å². The van der Waals surface area contributed by atoms with E-state index in [1.54, 1.807) is 0 Å². The number of fused-ring (bicyclic) bond motifs is 1. The van der Waals surface area contributed by atoms with E-state index in [-0.39, 0.29) is 24.5 Å². The van der Waals surface area contributed by atoms with Crippen molar-refractivity contribution in [1.82, 2.24) is 14.8 Å². The zero-order valence-electron chi connectivity index (χ0n) is 19.1. The van der Waals surface area contributed by atoms with Crippen LogP contribution in [0.2, 0.25) is 0 Å². The minimum Gasteiger partial charge on any atom is -0.493 e. The van der Waals surface area contributed by atoms with Gasteiger partial charge in [0.15, 0.2) is 11.6 Å². The van der Waals surface area contributed by atoms with Crippen LogP contribution in [-0.2, 0) is 4.79 Å². The number of nitriles is 1. The number of aryl methyl sites for hydroxylation is 4. The van der Waals surface area contributed by atoms with Gasteiger partial charge in [-0.3, -0.25) is 4.79 Å². The molecule has 0 radical (unpaired) electrons. The Kier molecular flexibility index (Phi) is 6.09. The molecule has 0 fully saturated rings. The molecule has 1 amide bonds. The predicted octanol–water partition coefficient (Wildman–Crippen LogP) is 4.93. The Morgan fingerprint density at radius 3 is 2.55 bits per heavy atom. The molecule has 33 heavy (non-hydrogen) atoms. The number of aromatic nitrogens is 3. The van der Waals surface area contributed by atoms with Gasteiger partial charge in [-0.25, -0.2) is 4.98 Å². The molecule has 0 aliphatic carbocycles. The molecule has 2 aromatic carbocycles. The smallest absolute Gasteiger partial charge is 0.228 e. The molecule has 0 saturated heterocycles. The number of hydrogen-bond acceptors (Lipinski definition) is 5. The van der Waals surface area contributed by atoms with Gasteiger partial charge in [0.25, 0.3) is 0 Å². The van der Waals surface area contributed by atoms with Crippen molar-refractivity contribution in [1.29, 1.82) is 5.26 Å². The normalized spacial score (nSPS) is 10.8. The zero-order chi connectivity index (χ0) is 23.5. The fourth-order valence-electron chi connectivity index (χ4n) is 3.75. The summed E-state index contributed by atoms with van der Waals surface area (Å²) in [5.74, 6) is 1.27. The van der Waals surface area contributed by atoms with Gasteiger partial charge in [0.2, 0.25) is 5.91 Å². The molecule has 166 valence electrons. The van der Waals surface area contributed by atoms with Crippen molar-refractivity contribution in [3.8, 4) is 17.6 Å². The highest BCUT2D eigenvalue weighted by Crippen LogP contribution is 2.26. The van der Waals surface area contributed by atoms with Gasteiger partial charge in [0.05, 0.1) is 24.7 Å². The molecule has 0 bridgehead atoms. The van der Waals surface area contributed by atoms with Crippen LogP contribution in [-0.4, -0.2) is 27.3 Å². The van der Waals surface area contributed by atoms with Crippen LogP contribution in [0, 0.1) is 39.0 Å². The largest absolute Gasteiger partial charge is 0.493 e. The van der Waals surface area contributed by atoms with Gasteiger partial charge in [-0.15, -0.1) is 0 Å². The highest BCUT2D eigenvalue weighted by atomic mass is 16.5. The number of rotatable bonds is 6. The molecule has 4 rings (SSSR count). The fraction of sp³-hybridized carbons (Fsp3) is 0.231. The second-order valence-electron chi connectivity index (χ2n) is 8.17. The average molecular weight is 440 g/mol. The molecule has 0 unspecified atom stereocenters. The van der Waals surface area contributed by atoms with Gasteiger partial charge in [-0.2, -0.15) is 15.0 Å². The van der Waals surface area contributed by atoms with Crippen molar-refractivity contribution in [2.45, 2.75) is 34.1 Å². The summed E-state index contributed by atoms with van der Waals surface area (Å²) in [5, 5.41) is 17.8. The first-order chi connectivity index (χ1) is 15.9. The predicted molar refractivity (Wildman–Crippen MR) is 128 cm³/mol. The van der Waals surface area contributed by atoms with Crippen molar-refractivity contribution >= 4 is 22.6 Å². The van der Waals surface area contributed by atoms with Crippen LogP contribution in [0.25, 0.3) is 16.7 Å². The van der Waals surface area contributed by atoms with Crippen molar-refractivity contribution in [3.05, 3.63) is 76.5 Å². The van der Waals surface area contributed by atoms with Crippen LogP contribution < -0.4 is 10.1 Å². The molecular formula is C26H25N5O2. The first-order valence-corrected chi connectivity index (χ1v) is 10.7. The van der Waals surface area contributed by atoms with Crippen LogP contribution in [0.4, 0.5) is 5.82 Å². The van der Waals surface area contributed by atoms with Crippen LogP contribution >= 0.6 is 0 Å². The maximum absolute atomic E-state index is 12.6. The maximum atomic E-state index is 12.6. The fourth-order valence-corrected chi connectivity index (χ4v) is 3.75. The van der Waals surface area contributed by atoms with Crippen molar-refractivity contribution in [2.75, 3.05) is 11.9 Å². The summed E-state index contributed by atoms with van der Waals surface area (Å²) < 4.78 is 7.15. The molecule has 7 heteroatoms. The lowest BCUT2D eigenvalue weighted by atomic mass is 10.0. The topological polar surface area (TPSA) is 92.8 Å². The van der Waals surface area contributed by atoms with Crippen molar-refractivity contribution in [3.63, 3.8) is 0 Å². The standard InChI is InChI=1S/C26H25N5O2/c1-16-5-7-21(8-6-16)33-10-9-24(32)30-26-20(14-27)15-28-31(26)23-13-18(3)22-12-17(2)11-19(4)25(22)29-23/h5-8,11-13,15H,9-10H2,1-4H3,(H,30,32). The van der Waals surface area contributed by atoms with E-state index in [4.69, 9.17) is 9.72 Å². The molecule has 4 aromatic rings. The monoisotopic (exact) mass is 439 g/mol. The summed E-state index contributed by atoms with van der Waals surface area (Å²) in [7, 11) is 0. The lowest BCUT2D eigenvalue weighted by Crippen LogP contribution is -2.18. The Morgan fingerprint density at radius 2 is 1.82 bits per heavy atom. The summed E-state index contributed by atoms with van der Waals surface area (Å²) in [6.45, 7) is 8.31. The molecule has 2 heterocycles. The molecule has 1 N–H and O–H groups in total. The number of carbonyl (C=O) groups is 1. The van der Waals surface area contributed by atoms with Gasteiger partial charge < -0.3 is 10.1 Å². The van der Waals surface area contributed by atoms with E-state index >= 15 is 0 Å². The number of hydrogen-bond donors (Lipinski definition) is 1. The number of nitrogens with zero attached hydrogens (tertiary/aromatic N) is 4. The number of carbonyl (C=O) groups excluding carboxylic acids is 1. The van der Waals surface area contributed by atoms with E-state index in [0.717, 1.165) is 27.6 Å². The number of amides is 1. The molecule has 2 aromatic heterocycles. The van der Waals surface area contributed by atoms with Crippen molar-refractivity contribution in [2.24, 2.45) is 0 Å². The molecule has 0 spiro atoms. The maximum Gasteiger partial charge on any atom is 0.228 e. The minimum atomic E-state index is -0.273. The number of benzene rings is 2. The Hall–Kier alpha value is -4.18. The Labute approximate surface area is 192 Å². The van der Waals surface area contributed by atoms with Crippen LogP contribution in [0.3, 0.4) is 0 Å². The quantitative estimate of drug-likeness (QED) is 0.460. The van der Waals surface area contributed by atoms with Crippen LogP contribution in [0.1, 0.15) is 34.2 Å². The Balaban J connectivity index is 1.57. The molecule has 0 saturated carbocycles. The zero-order valence-corrected chi connectivity index (χ0v) is 19.1. The van der Waals surface area contributed by atoms with E-state index in [0.29, 0.717) is 17.4 Å². The summed E-state index contributed by atoms with van der Waals surface area (Å²) in [4.78, 5) is 17.4.